The zero-order valence-corrected chi connectivity index (χ0v) is 19.4. The molecule has 2 atom stereocenters. The minimum absolute atomic E-state index is 0.226. The van der Waals surface area contributed by atoms with Crippen LogP contribution in [0.5, 0.6) is 0 Å². The van der Waals surface area contributed by atoms with E-state index in [1.807, 2.05) is 42.8 Å². The van der Waals surface area contributed by atoms with E-state index in [9.17, 15) is 0 Å². The molecule has 0 bridgehead atoms. The SMILES string of the molecule is Cc1nn(C)c2c(NC(C)C3CN(C)CCN3C)nc(NCCc3cnn(C)c3)nc12. The van der Waals surface area contributed by atoms with E-state index in [1.54, 1.807) is 0 Å². The molecule has 168 valence electrons. The number of aromatic nitrogens is 6. The van der Waals surface area contributed by atoms with Crippen LogP contribution in [-0.4, -0.2) is 91.7 Å². The molecular weight excluding hydrogens is 392 g/mol. The van der Waals surface area contributed by atoms with Gasteiger partial charge in [0.05, 0.1) is 11.9 Å². The molecule has 0 radical (unpaired) electrons. The van der Waals surface area contributed by atoms with Crippen LogP contribution in [0.15, 0.2) is 12.4 Å². The van der Waals surface area contributed by atoms with Crippen LogP contribution in [0.1, 0.15) is 18.2 Å². The molecule has 10 nitrogen and oxygen atoms in total. The van der Waals surface area contributed by atoms with Crippen LogP contribution in [0.25, 0.3) is 11.0 Å². The molecule has 0 aromatic carbocycles. The van der Waals surface area contributed by atoms with Gasteiger partial charge in [-0.2, -0.15) is 15.2 Å². The summed E-state index contributed by atoms with van der Waals surface area (Å²) >= 11 is 0. The largest absolute Gasteiger partial charge is 0.364 e. The van der Waals surface area contributed by atoms with Crippen molar-refractivity contribution in [1.82, 2.24) is 39.3 Å². The molecule has 2 unspecified atom stereocenters. The number of hydrogen-bond donors (Lipinski definition) is 2. The number of rotatable bonds is 7. The van der Waals surface area contributed by atoms with Crippen LogP contribution in [0, 0.1) is 6.92 Å². The molecule has 1 aliphatic rings. The Labute approximate surface area is 183 Å². The van der Waals surface area contributed by atoms with E-state index < -0.39 is 0 Å². The Morgan fingerprint density at radius 2 is 1.97 bits per heavy atom. The van der Waals surface area contributed by atoms with E-state index in [-0.39, 0.29) is 6.04 Å². The van der Waals surface area contributed by atoms with Gasteiger partial charge in [-0.15, -0.1) is 0 Å². The predicted octanol–water partition coefficient (Wildman–Crippen LogP) is 1.11. The Morgan fingerprint density at radius 1 is 1.16 bits per heavy atom. The minimum Gasteiger partial charge on any atom is -0.364 e. The molecule has 4 rings (SSSR count). The van der Waals surface area contributed by atoms with Crippen molar-refractivity contribution in [2.75, 3.05) is 50.9 Å². The Hall–Kier alpha value is -2.72. The third kappa shape index (κ3) is 4.64. The number of nitrogens with one attached hydrogen (secondary N) is 2. The monoisotopic (exact) mass is 426 g/mol. The first-order chi connectivity index (χ1) is 14.8. The number of nitrogens with zero attached hydrogens (tertiary/aromatic N) is 8. The van der Waals surface area contributed by atoms with E-state index in [0.717, 1.165) is 55.1 Å². The number of likely N-dealkylation sites (N-methyl/N-ethyl adjacent to an activating group) is 2. The molecule has 4 heterocycles. The average molecular weight is 427 g/mol. The Morgan fingerprint density at radius 3 is 2.71 bits per heavy atom. The summed E-state index contributed by atoms with van der Waals surface area (Å²) in [6, 6.07) is 0.629. The summed E-state index contributed by atoms with van der Waals surface area (Å²) in [6.07, 6.45) is 4.78. The maximum Gasteiger partial charge on any atom is 0.225 e. The second kappa shape index (κ2) is 8.80. The van der Waals surface area contributed by atoms with E-state index >= 15 is 0 Å². The Bertz CT molecular complexity index is 1040. The van der Waals surface area contributed by atoms with Crippen LogP contribution < -0.4 is 10.6 Å². The van der Waals surface area contributed by atoms with Crippen LogP contribution in [0.2, 0.25) is 0 Å². The number of fused-ring (bicyclic) bond motifs is 1. The lowest BCUT2D eigenvalue weighted by molar-refractivity contribution is 0.105. The number of anilines is 2. The minimum atomic E-state index is 0.226. The van der Waals surface area contributed by atoms with Gasteiger partial charge in [-0.05, 0) is 39.9 Å². The van der Waals surface area contributed by atoms with Gasteiger partial charge in [0.25, 0.3) is 0 Å². The molecule has 1 fully saturated rings. The molecule has 0 saturated carbocycles. The first-order valence-corrected chi connectivity index (χ1v) is 10.9. The van der Waals surface area contributed by atoms with Gasteiger partial charge in [0.2, 0.25) is 5.95 Å². The molecule has 2 N–H and O–H groups in total. The number of piperazine rings is 1. The number of aryl methyl sites for hydroxylation is 3. The normalized spacial score (nSPS) is 19.1. The summed E-state index contributed by atoms with van der Waals surface area (Å²) in [5.74, 6) is 1.45. The van der Waals surface area contributed by atoms with E-state index in [0.29, 0.717) is 12.0 Å². The van der Waals surface area contributed by atoms with Gasteiger partial charge < -0.3 is 15.5 Å². The van der Waals surface area contributed by atoms with Crippen LogP contribution in [-0.2, 0) is 20.5 Å². The molecule has 3 aromatic heterocycles. The molecule has 10 heteroatoms. The Balaban J connectivity index is 1.55. The lowest BCUT2D eigenvalue weighted by Crippen LogP contribution is -2.56. The summed E-state index contributed by atoms with van der Waals surface area (Å²) < 4.78 is 3.69. The van der Waals surface area contributed by atoms with Gasteiger partial charge in [0.15, 0.2) is 5.82 Å². The van der Waals surface area contributed by atoms with Crippen molar-refractivity contribution >= 4 is 22.8 Å². The smallest absolute Gasteiger partial charge is 0.225 e. The fraction of sp³-hybridized carbons (Fsp3) is 0.619. The number of hydrogen-bond acceptors (Lipinski definition) is 8. The van der Waals surface area contributed by atoms with Crippen molar-refractivity contribution in [2.24, 2.45) is 14.1 Å². The van der Waals surface area contributed by atoms with Gasteiger partial charge in [-0.3, -0.25) is 14.3 Å². The lowest BCUT2D eigenvalue weighted by atomic mass is 10.1. The Kier molecular flexibility index (Phi) is 6.10. The molecule has 0 amide bonds. The van der Waals surface area contributed by atoms with Crippen molar-refractivity contribution < 1.29 is 0 Å². The van der Waals surface area contributed by atoms with E-state index in [1.165, 1.54) is 5.56 Å². The van der Waals surface area contributed by atoms with Crippen LogP contribution in [0.4, 0.5) is 11.8 Å². The summed E-state index contributed by atoms with van der Waals surface area (Å²) in [4.78, 5) is 14.4. The van der Waals surface area contributed by atoms with Crippen molar-refractivity contribution in [3.8, 4) is 0 Å². The summed E-state index contributed by atoms with van der Waals surface area (Å²) in [5.41, 5.74) is 3.91. The highest BCUT2D eigenvalue weighted by atomic mass is 15.3. The van der Waals surface area contributed by atoms with Crippen LogP contribution in [0.3, 0.4) is 0 Å². The van der Waals surface area contributed by atoms with Gasteiger partial charge in [-0.25, -0.2) is 4.98 Å². The highest BCUT2D eigenvalue weighted by Gasteiger charge is 2.28. The van der Waals surface area contributed by atoms with Crippen molar-refractivity contribution in [3.63, 3.8) is 0 Å². The highest BCUT2D eigenvalue weighted by molar-refractivity contribution is 5.88. The zero-order valence-electron chi connectivity index (χ0n) is 19.4. The molecule has 1 saturated heterocycles. The third-order valence-corrected chi connectivity index (χ3v) is 6.15. The fourth-order valence-corrected chi connectivity index (χ4v) is 4.33. The molecule has 3 aromatic rings. The summed E-state index contributed by atoms with van der Waals surface area (Å²) in [5, 5.41) is 15.9. The van der Waals surface area contributed by atoms with Crippen molar-refractivity contribution in [3.05, 3.63) is 23.7 Å². The third-order valence-electron chi connectivity index (χ3n) is 6.15. The predicted molar refractivity (Wildman–Crippen MR) is 123 cm³/mol. The molecule has 0 spiro atoms. The standard InChI is InChI=1S/C21H34N10/c1-14(17-13-28(3)9-10-29(17)4)24-20-19-18(15(2)27-31(19)6)25-21(26-20)22-8-7-16-11-23-30(5)12-16/h11-12,14,17H,7-10,13H2,1-6H3,(H2,22,24,25,26). The first-order valence-electron chi connectivity index (χ1n) is 10.9. The van der Waals surface area contributed by atoms with E-state index in [4.69, 9.17) is 9.97 Å². The average Bonchev–Trinajstić information content (AvgIpc) is 3.26. The van der Waals surface area contributed by atoms with Gasteiger partial charge >= 0.3 is 0 Å². The molecule has 31 heavy (non-hydrogen) atoms. The zero-order chi connectivity index (χ0) is 22.1. The quantitative estimate of drug-likeness (QED) is 0.581. The van der Waals surface area contributed by atoms with Crippen molar-refractivity contribution in [1.29, 1.82) is 0 Å². The van der Waals surface area contributed by atoms with Gasteiger partial charge in [0, 0.05) is 58.6 Å². The van der Waals surface area contributed by atoms with Gasteiger partial charge in [-0.1, -0.05) is 0 Å². The maximum atomic E-state index is 4.84. The summed E-state index contributed by atoms with van der Waals surface area (Å²) in [6.45, 7) is 8.15. The second-order valence-electron chi connectivity index (χ2n) is 8.74. The summed E-state index contributed by atoms with van der Waals surface area (Å²) in [7, 11) is 8.26. The van der Waals surface area contributed by atoms with Crippen molar-refractivity contribution in [2.45, 2.75) is 32.4 Å². The molecule has 1 aliphatic heterocycles. The molecular formula is C21H34N10. The topological polar surface area (TPSA) is 92.0 Å². The second-order valence-corrected chi connectivity index (χ2v) is 8.74. The molecule has 0 aliphatic carbocycles. The van der Waals surface area contributed by atoms with Gasteiger partial charge in [0.1, 0.15) is 11.0 Å². The lowest BCUT2D eigenvalue weighted by Gasteiger charge is -2.41. The van der Waals surface area contributed by atoms with E-state index in [2.05, 4.69) is 51.6 Å². The maximum absolute atomic E-state index is 4.84. The first kappa shape index (κ1) is 21.5. The van der Waals surface area contributed by atoms with Crippen LogP contribution >= 0.6 is 0 Å². The highest BCUT2D eigenvalue weighted by Crippen LogP contribution is 2.26. The fourth-order valence-electron chi connectivity index (χ4n) is 4.33.